The molecule has 3 aromatic heterocycles. The Morgan fingerprint density at radius 3 is 1.49 bits per heavy atom. The summed E-state index contributed by atoms with van der Waals surface area (Å²) in [5.74, 6) is -0.393. The lowest BCUT2D eigenvalue weighted by molar-refractivity contribution is 0.0695. The Labute approximate surface area is 240 Å². The molecule has 0 radical (unpaired) electrons. The number of carboxylic acid groups (broad SMARTS) is 1. The molecule has 1 N–H and O–H groups in total. The number of carbonyl (C=O) groups is 1. The highest BCUT2D eigenvalue weighted by molar-refractivity contribution is 5.91. The van der Waals surface area contributed by atoms with Gasteiger partial charge in [-0.1, -0.05) is 0 Å². The van der Waals surface area contributed by atoms with Crippen LogP contribution in [0.3, 0.4) is 0 Å². The van der Waals surface area contributed by atoms with E-state index in [0.29, 0.717) is 34.1 Å². The summed E-state index contributed by atoms with van der Waals surface area (Å²) in [5.41, 5.74) is 9.70. The molecule has 0 saturated heterocycles. The maximum Gasteiger partial charge on any atom is 0.336 e. The van der Waals surface area contributed by atoms with Crippen LogP contribution in [0.25, 0.3) is 0 Å². The van der Waals surface area contributed by atoms with E-state index in [9.17, 15) is 9.90 Å². The first-order chi connectivity index (χ1) is 19.3. The summed E-state index contributed by atoms with van der Waals surface area (Å²) in [7, 11) is 0. The van der Waals surface area contributed by atoms with E-state index in [2.05, 4.69) is 24.9 Å². The Bertz CT molecular complexity index is 1650. The molecule has 0 aliphatic rings. The minimum atomic E-state index is -1.08. The summed E-state index contributed by atoms with van der Waals surface area (Å²) in [5, 5.41) is 10.2. The first-order valence-electron chi connectivity index (χ1n) is 13.4. The maximum atomic E-state index is 12.4. The molecule has 10 heteroatoms. The van der Waals surface area contributed by atoms with Crippen LogP contribution in [0.5, 0.6) is 11.5 Å². The Kier molecular flexibility index (Phi) is 8.60. The van der Waals surface area contributed by atoms with E-state index in [1.807, 2.05) is 62.3 Å². The second kappa shape index (κ2) is 12.0. The fourth-order valence-electron chi connectivity index (χ4n) is 4.43. The van der Waals surface area contributed by atoms with Gasteiger partial charge in [-0.25, -0.2) is 4.79 Å². The molecular weight excluding hydrogens is 520 g/mol. The normalized spacial score (nSPS) is 11.0. The molecule has 0 aliphatic carbocycles. The van der Waals surface area contributed by atoms with Gasteiger partial charge in [0.1, 0.15) is 13.2 Å². The van der Waals surface area contributed by atoms with Crippen molar-refractivity contribution in [2.75, 3.05) is 0 Å². The summed E-state index contributed by atoms with van der Waals surface area (Å²) in [6, 6.07) is 3.15. The number of aromatic nitrogens is 6. The smallest absolute Gasteiger partial charge is 0.336 e. The number of rotatable bonds is 9. The third-order valence-electron chi connectivity index (χ3n) is 7.25. The van der Waals surface area contributed by atoms with Gasteiger partial charge in [0.2, 0.25) is 0 Å². The molecule has 0 saturated carbocycles. The van der Waals surface area contributed by atoms with Crippen LogP contribution in [-0.4, -0.2) is 41.0 Å². The number of hydrogen-bond acceptors (Lipinski definition) is 9. The van der Waals surface area contributed by atoms with E-state index in [-0.39, 0.29) is 25.2 Å². The molecule has 10 nitrogen and oxygen atoms in total. The zero-order valence-corrected chi connectivity index (χ0v) is 25.1. The monoisotopic (exact) mass is 556 g/mol. The molecule has 0 amide bonds. The Hall–Kier alpha value is -4.47. The fourth-order valence-corrected chi connectivity index (χ4v) is 4.43. The molecule has 0 aliphatic heterocycles. The van der Waals surface area contributed by atoms with Gasteiger partial charge >= 0.3 is 5.97 Å². The van der Waals surface area contributed by atoms with Crippen molar-refractivity contribution >= 4 is 5.97 Å². The number of aryl methyl sites for hydroxylation is 9. The highest BCUT2D eigenvalue weighted by Crippen LogP contribution is 2.37. The third kappa shape index (κ3) is 6.48. The zero-order valence-electron chi connectivity index (χ0n) is 25.1. The molecule has 0 unspecified atom stereocenters. The maximum absolute atomic E-state index is 12.4. The van der Waals surface area contributed by atoms with E-state index in [1.165, 1.54) is 6.07 Å². The van der Waals surface area contributed by atoms with E-state index >= 15 is 0 Å². The first-order valence-corrected chi connectivity index (χ1v) is 13.4. The van der Waals surface area contributed by atoms with E-state index in [0.717, 1.165) is 51.2 Å². The molecule has 41 heavy (non-hydrogen) atoms. The van der Waals surface area contributed by atoms with Crippen LogP contribution in [0, 0.1) is 62.3 Å². The van der Waals surface area contributed by atoms with Gasteiger partial charge in [0.25, 0.3) is 0 Å². The van der Waals surface area contributed by atoms with Crippen molar-refractivity contribution in [1.82, 2.24) is 29.9 Å². The topological polar surface area (TPSA) is 133 Å². The molecule has 4 aromatic rings. The van der Waals surface area contributed by atoms with Gasteiger partial charge in [-0.05, 0) is 74.4 Å². The van der Waals surface area contributed by atoms with Crippen LogP contribution >= 0.6 is 0 Å². The lowest BCUT2D eigenvalue weighted by Crippen LogP contribution is -2.13. The van der Waals surface area contributed by atoms with Gasteiger partial charge in [0.05, 0.1) is 73.9 Å². The summed E-state index contributed by atoms with van der Waals surface area (Å²) < 4.78 is 12.6. The van der Waals surface area contributed by atoms with Gasteiger partial charge in [0, 0.05) is 12.0 Å². The molecular formula is C31H36N6O4. The minimum absolute atomic E-state index is 0.0758. The van der Waals surface area contributed by atoms with Gasteiger partial charge < -0.3 is 14.6 Å². The van der Waals surface area contributed by atoms with Crippen LogP contribution in [0.4, 0.5) is 0 Å². The predicted molar refractivity (Wildman–Crippen MR) is 154 cm³/mol. The first kappa shape index (κ1) is 29.5. The van der Waals surface area contributed by atoms with Crippen molar-refractivity contribution in [3.05, 3.63) is 91.6 Å². The van der Waals surface area contributed by atoms with Crippen LogP contribution in [0.15, 0.2) is 12.1 Å². The second-order valence-electron chi connectivity index (χ2n) is 10.3. The summed E-state index contributed by atoms with van der Waals surface area (Å²) in [6.45, 7) is 17.2. The van der Waals surface area contributed by atoms with E-state index in [4.69, 9.17) is 14.5 Å². The van der Waals surface area contributed by atoms with Crippen LogP contribution < -0.4 is 9.47 Å². The highest BCUT2D eigenvalue weighted by Gasteiger charge is 2.23. The van der Waals surface area contributed by atoms with Crippen LogP contribution in [0.2, 0.25) is 0 Å². The number of ether oxygens (including phenoxy) is 2. The van der Waals surface area contributed by atoms with Crippen molar-refractivity contribution in [3.8, 4) is 11.5 Å². The van der Waals surface area contributed by atoms with E-state index in [1.54, 1.807) is 6.07 Å². The third-order valence-corrected chi connectivity index (χ3v) is 7.25. The standard InChI is InChI=1S/C31H36N6O4/c1-15-18(4)35-26(21(7)32-15)12-25-24(31(38)39)10-11-29(40-13-27-22(8)33-16(2)19(5)36-27)30(25)41-14-28-23(9)34-17(3)20(6)37-28/h10-11H,12-14H2,1-9H3,(H,38,39). The quantitative estimate of drug-likeness (QED) is 0.290. The fraction of sp³-hybridized carbons (Fsp3) is 0.387. The van der Waals surface area contributed by atoms with Gasteiger partial charge in [-0.2, -0.15) is 0 Å². The van der Waals surface area contributed by atoms with Crippen LogP contribution in [-0.2, 0) is 19.6 Å². The zero-order chi connectivity index (χ0) is 30.0. The summed E-state index contributed by atoms with van der Waals surface area (Å²) in [6.07, 6.45) is 0.189. The molecule has 4 rings (SSSR count). The molecule has 0 spiro atoms. The van der Waals surface area contributed by atoms with Gasteiger partial charge in [-0.3, -0.25) is 29.9 Å². The second-order valence-corrected chi connectivity index (χ2v) is 10.3. The summed E-state index contributed by atoms with van der Waals surface area (Å²) >= 11 is 0. The van der Waals surface area contributed by atoms with Gasteiger partial charge in [0.15, 0.2) is 11.5 Å². The lowest BCUT2D eigenvalue weighted by atomic mass is 9.99. The molecule has 3 heterocycles. The predicted octanol–water partition coefficient (Wildman–Crippen LogP) is 5.28. The molecule has 0 bridgehead atoms. The van der Waals surface area contributed by atoms with Crippen molar-refractivity contribution in [2.45, 2.75) is 81.9 Å². The number of nitrogens with zero attached hydrogens (tertiary/aromatic N) is 6. The number of benzene rings is 1. The number of aromatic carboxylic acids is 1. The highest BCUT2D eigenvalue weighted by atomic mass is 16.5. The summed E-state index contributed by atoms with van der Waals surface area (Å²) in [4.78, 5) is 40.2. The van der Waals surface area contributed by atoms with Crippen molar-refractivity contribution < 1.29 is 19.4 Å². The number of carboxylic acids is 1. The lowest BCUT2D eigenvalue weighted by Gasteiger charge is -2.20. The van der Waals surface area contributed by atoms with Crippen LogP contribution in [0.1, 0.15) is 84.2 Å². The Balaban J connectivity index is 1.81. The Morgan fingerprint density at radius 2 is 1.00 bits per heavy atom. The molecule has 1 aromatic carbocycles. The van der Waals surface area contributed by atoms with Crippen molar-refractivity contribution in [2.24, 2.45) is 0 Å². The average molecular weight is 557 g/mol. The molecule has 0 fully saturated rings. The van der Waals surface area contributed by atoms with Crippen molar-refractivity contribution in [3.63, 3.8) is 0 Å². The number of hydrogen-bond donors (Lipinski definition) is 1. The molecule has 0 atom stereocenters. The van der Waals surface area contributed by atoms with E-state index < -0.39 is 5.97 Å². The SMILES string of the molecule is Cc1nc(C)c(COc2ccc(C(=O)O)c(Cc3nc(C)c(C)nc3C)c2OCc2nc(C)c(C)nc2C)nc1C. The largest absolute Gasteiger partial charge is 0.483 e. The molecule has 214 valence electrons. The Morgan fingerprint density at radius 1 is 0.585 bits per heavy atom. The minimum Gasteiger partial charge on any atom is -0.483 e. The van der Waals surface area contributed by atoms with Gasteiger partial charge in [-0.15, -0.1) is 0 Å². The average Bonchev–Trinajstić information content (AvgIpc) is 2.90. The van der Waals surface area contributed by atoms with Crippen molar-refractivity contribution in [1.29, 1.82) is 0 Å².